The molecule has 2 aliphatic heterocycles. The van der Waals surface area contributed by atoms with E-state index in [1.54, 1.807) is 0 Å². The van der Waals surface area contributed by atoms with Gasteiger partial charge in [-0.25, -0.2) is 0 Å². The maximum Gasteiger partial charge on any atom is 0.253 e. The number of benzene rings is 1. The molecule has 1 saturated heterocycles. The monoisotopic (exact) mass is 274 g/mol. The molecule has 3 rings (SSSR count). The molecule has 20 heavy (non-hydrogen) atoms. The molecule has 0 spiro atoms. The lowest BCUT2D eigenvalue weighted by atomic mass is 9.98. The molecule has 1 aromatic rings. The number of carbonyl (C=O) groups is 1. The summed E-state index contributed by atoms with van der Waals surface area (Å²) in [6.07, 6.45) is 2.29. The van der Waals surface area contributed by atoms with Crippen LogP contribution in [0.2, 0.25) is 0 Å². The lowest BCUT2D eigenvalue weighted by Crippen LogP contribution is -2.33. The summed E-state index contributed by atoms with van der Waals surface area (Å²) in [6.45, 7) is 5.00. The maximum atomic E-state index is 12.6. The van der Waals surface area contributed by atoms with Crippen LogP contribution in [0.25, 0.3) is 0 Å². The summed E-state index contributed by atoms with van der Waals surface area (Å²) in [6, 6.07) is 5.99. The summed E-state index contributed by atoms with van der Waals surface area (Å²) >= 11 is 0. The number of nitrogens with zero attached hydrogens (tertiary/aromatic N) is 1. The van der Waals surface area contributed by atoms with E-state index in [2.05, 4.69) is 11.4 Å². The standard InChI is InChI=1S/C16H22N2O2/c1-16(20)5-2-7-18(8-6-16)15(19)12-3-4-13-10-17-11-14(13)9-12/h3-4,9,17,20H,2,5-8,10-11H2,1H3. The third-order valence-electron chi connectivity index (χ3n) is 4.44. The second-order valence-electron chi connectivity index (χ2n) is 6.23. The first-order valence-electron chi connectivity index (χ1n) is 7.39. The van der Waals surface area contributed by atoms with Gasteiger partial charge in [-0.1, -0.05) is 6.07 Å². The fourth-order valence-electron chi connectivity index (χ4n) is 3.08. The minimum atomic E-state index is -0.628. The van der Waals surface area contributed by atoms with Gasteiger partial charge in [0.05, 0.1) is 5.60 Å². The van der Waals surface area contributed by atoms with Crippen LogP contribution in [0.5, 0.6) is 0 Å². The quantitative estimate of drug-likeness (QED) is 0.819. The lowest BCUT2D eigenvalue weighted by Gasteiger charge is -2.22. The third-order valence-corrected chi connectivity index (χ3v) is 4.44. The lowest BCUT2D eigenvalue weighted by molar-refractivity contribution is 0.0438. The summed E-state index contributed by atoms with van der Waals surface area (Å²) in [5.74, 6) is 0.0948. The van der Waals surface area contributed by atoms with Crippen molar-refractivity contribution in [1.82, 2.24) is 10.2 Å². The molecule has 4 nitrogen and oxygen atoms in total. The van der Waals surface area contributed by atoms with Gasteiger partial charge < -0.3 is 15.3 Å². The Morgan fingerprint density at radius 3 is 2.90 bits per heavy atom. The van der Waals surface area contributed by atoms with E-state index in [4.69, 9.17) is 0 Å². The van der Waals surface area contributed by atoms with E-state index in [1.165, 1.54) is 11.1 Å². The number of likely N-dealkylation sites (tertiary alicyclic amines) is 1. The molecule has 1 fully saturated rings. The molecule has 1 amide bonds. The Labute approximate surface area is 119 Å². The fourth-order valence-corrected chi connectivity index (χ4v) is 3.08. The van der Waals surface area contributed by atoms with Gasteiger partial charge in [0.2, 0.25) is 0 Å². The zero-order valence-corrected chi connectivity index (χ0v) is 12.0. The maximum absolute atomic E-state index is 12.6. The van der Waals surface area contributed by atoms with E-state index in [0.29, 0.717) is 13.0 Å². The van der Waals surface area contributed by atoms with Crippen molar-refractivity contribution in [2.75, 3.05) is 13.1 Å². The van der Waals surface area contributed by atoms with Crippen molar-refractivity contribution in [3.8, 4) is 0 Å². The molecule has 1 unspecified atom stereocenters. The highest BCUT2D eigenvalue weighted by Crippen LogP contribution is 2.23. The molecule has 1 atom stereocenters. The molecule has 0 aromatic heterocycles. The zero-order chi connectivity index (χ0) is 14.2. The molecule has 2 heterocycles. The highest BCUT2D eigenvalue weighted by molar-refractivity contribution is 5.94. The Balaban J connectivity index is 1.75. The Bertz CT molecular complexity index is 525. The number of nitrogens with one attached hydrogen (secondary N) is 1. The molecule has 2 N–H and O–H groups in total. The molecule has 108 valence electrons. The van der Waals surface area contributed by atoms with Crippen LogP contribution in [0, 0.1) is 0 Å². The molecule has 4 heteroatoms. The van der Waals surface area contributed by atoms with E-state index in [0.717, 1.165) is 38.0 Å². The van der Waals surface area contributed by atoms with Crippen LogP contribution in [-0.4, -0.2) is 34.6 Å². The Hall–Kier alpha value is -1.39. The molecule has 1 aromatic carbocycles. The van der Waals surface area contributed by atoms with E-state index in [-0.39, 0.29) is 5.91 Å². The summed E-state index contributed by atoms with van der Waals surface area (Å²) < 4.78 is 0. The minimum absolute atomic E-state index is 0.0948. The summed E-state index contributed by atoms with van der Waals surface area (Å²) in [4.78, 5) is 14.5. The van der Waals surface area contributed by atoms with Crippen molar-refractivity contribution in [2.24, 2.45) is 0 Å². The van der Waals surface area contributed by atoms with Crippen LogP contribution in [0.15, 0.2) is 18.2 Å². The van der Waals surface area contributed by atoms with Crippen molar-refractivity contribution < 1.29 is 9.90 Å². The first kappa shape index (κ1) is 13.6. The van der Waals surface area contributed by atoms with Crippen LogP contribution in [-0.2, 0) is 13.1 Å². The van der Waals surface area contributed by atoms with Crippen molar-refractivity contribution >= 4 is 5.91 Å². The van der Waals surface area contributed by atoms with Crippen LogP contribution in [0.4, 0.5) is 0 Å². The Morgan fingerprint density at radius 1 is 1.25 bits per heavy atom. The van der Waals surface area contributed by atoms with Gasteiger partial charge in [0, 0.05) is 31.7 Å². The van der Waals surface area contributed by atoms with Gasteiger partial charge in [0.15, 0.2) is 0 Å². The number of fused-ring (bicyclic) bond motifs is 1. The third kappa shape index (κ3) is 2.72. The van der Waals surface area contributed by atoms with Gasteiger partial charge in [-0.05, 0) is 49.4 Å². The number of carbonyl (C=O) groups excluding carboxylic acids is 1. The van der Waals surface area contributed by atoms with Gasteiger partial charge in [-0.2, -0.15) is 0 Å². The predicted molar refractivity (Wildman–Crippen MR) is 77.4 cm³/mol. The molecule has 0 bridgehead atoms. The topological polar surface area (TPSA) is 52.6 Å². The predicted octanol–water partition coefficient (Wildman–Crippen LogP) is 1.67. The highest BCUT2D eigenvalue weighted by Gasteiger charge is 2.27. The molecular weight excluding hydrogens is 252 g/mol. The van der Waals surface area contributed by atoms with Crippen LogP contribution in [0.1, 0.15) is 47.7 Å². The second kappa shape index (κ2) is 5.19. The van der Waals surface area contributed by atoms with Gasteiger partial charge in [-0.3, -0.25) is 4.79 Å². The average Bonchev–Trinajstić information content (AvgIpc) is 2.81. The normalized spacial score (nSPS) is 26.2. The molecule has 0 radical (unpaired) electrons. The van der Waals surface area contributed by atoms with Crippen molar-refractivity contribution in [2.45, 2.75) is 44.9 Å². The van der Waals surface area contributed by atoms with Crippen LogP contribution in [0.3, 0.4) is 0 Å². The number of aliphatic hydroxyl groups is 1. The largest absolute Gasteiger partial charge is 0.390 e. The SMILES string of the molecule is CC1(O)CCCN(C(=O)c2ccc3c(c2)CNC3)CC1. The summed E-state index contributed by atoms with van der Waals surface area (Å²) in [7, 11) is 0. The molecular formula is C16H22N2O2. The van der Waals surface area contributed by atoms with Gasteiger partial charge in [-0.15, -0.1) is 0 Å². The number of hydrogen-bond donors (Lipinski definition) is 2. The minimum Gasteiger partial charge on any atom is -0.390 e. The summed E-state index contributed by atoms with van der Waals surface area (Å²) in [5.41, 5.74) is 2.67. The van der Waals surface area contributed by atoms with E-state index in [9.17, 15) is 9.90 Å². The smallest absolute Gasteiger partial charge is 0.253 e. The van der Waals surface area contributed by atoms with Crippen molar-refractivity contribution in [3.63, 3.8) is 0 Å². The van der Waals surface area contributed by atoms with Gasteiger partial charge in [0.25, 0.3) is 5.91 Å². The van der Waals surface area contributed by atoms with E-state index in [1.807, 2.05) is 24.0 Å². The second-order valence-corrected chi connectivity index (χ2v) is 6.23. The highest BCUT2D eigenvalue weighted by atomic mass is 16.3. The molecule has 2 aliphatic rings. The molecule has 0 aliphatic carbocycles. The first-order valence-corrected chi connectivity index (χ1v) is 7.39. The fraction of sp³-hybridized carbons (Fsp3) is 0.562. The van der Waals surface area contributed by atoms with Gasteiger partial charge in [0.1, 0.15) is 0 Å². The van der Waals surface area contributed by atoms with E-state index < -0.39 is 5.60 Å². The number of rotatable bonds is 1. The van der Waals surface area contributed by atoms with Crippen molar-refractivity contribution in [1.29, 1.82) is 0 Å². The Morgan fingerprint density at radius 2 is 2.05 bits per heavy atom. The first-order chi connectivity index (χ1) is 9.55. The number of hydrogen-bond acceptors (Lipinski definition) is 3. The zero-order valence-electron chi connectivity index (χ0n) is 12.0. The van der Waals surface area contributed by atoms with Crippen LogP contribution >= 0.6 is 0 Å². The van der Waals surface area contributed by atoms with Crippen LogP contribution < -0.4 is 5.32 Å². The molecule has 0 saturated carbocycles. The number of amides is 1. The van der Waals surface area contributed by atoms with E-state index >= 15 is 0 Å². The Kier molecular flexibility index (Phi) is 3.52. The van der Waals surface area contributed by atoms with Gasteiger partial charge >= 0.3 is 0 Å². The average molecular weight is 274 g/mol. The van der Waals surface area contributed by atoms with Crippen molar-refractivity contribution in [3.05, 3.63) is 34.9 Å². The summed E-state index contributed by atoms with van der Waals surface area (Å²) in [5, 5.41) is 13.4.